The van der Waals surface area contributed by atoms with E-state index in [2.05, 4.69) is 15.4 Å². The van der Waals surface area contributed by atoms with E-state index >= 15 is 0 Å². The summed E-state index contributed by atoms with van der Waals surface area (Å²) < 4.78 is 1.88. The number of halogens is 1. The van der Waals surface area contributed by atoms with Crippen LogP contribution in [-0.4, -0.2) is 21.3 Å². The maximum absolute atomic E-state index is 6.13. The van der Waals surface area contributed by atoms with E-state index in [1.807, 2.05) is 36.7 Å². The van der Waals surface area contributed by atoms with E-state index < -0.39 is 0 Å². The molecule has 5 heteroatoms. The van der Waals surface area contributed by atoms with Gasteiger partial charge in [-0.3, -0.25) is 4.68 Å². The predicted molar refractivity (Wildman–Crippen MR) is 69.5 cm³/mol. The van der Waals surface area contributed by atoms with Crippen LogP contribution in [0, 0.1) is 6.92 Å². The third-order valence-electron chi connectivity index (χ3n) is 2.50. The molecule has 0 spiro atoms. The summed E-state index contributed by atoms with van der Waals surface area (Å²) in [6.45, 7) is 5.48. The lowest BCUT2D eigenvalue weighted by Crippen LogP contribution is -2.08. The van der Waals surface area contributed by atoms with Gasteiger partial charge in [-0.15, -0.1) is 0 Å². The Bertz CT molecular complexity index is 507. The molecule has 2 rings (SSSR count). The maximum Gasteiger partial charge on any atom is 0.126 e. The molecule has 4 nitrogen and oxygen atoms in total. The van der Waals surface area contributed by atoms with Crippen molar-refractivity contribution in [2.75, 3.05) is 11.9 Å². The first-order valence-electron chi connectivity index (χ1n) is 5.58. The van der Waals surface area contributed by atoms with E-state index in [1.54, 1.807) is 6.20 Å². The van der Waals surface area contributed by atoms with Gasteiger partial charge in [0.1, 0.15) is 5.82 Å². The second-order valence-corrected chi connectivity index (χ2v) is 4.19. The van der Waals surface area contributed by atoms with Crippen LogP contribution in [0.3, 0.4) is 0 Å². The number of nitrogens with one attached hydrogen (secondary N) is 1. The van der Waals surface area contributed by atoms with Crippen LogP contribution in [0.4, 0.5) is 5.82 Å². The highest BCUT2D eigenvalue weighted by Gasteiger charge is 2.06. The minimum absolute atomic E-state index is 0.594. The minimum atomic E-state index is 0.594. The Morgan fingerprint density at radius 1 is 1.35 bits per heavy atom. The Kier molecular flexibility index (Phi) is 3.64. The number of hydrogen-bond donors (Lipinski definition) is 1. The molecular weight excluding hydrogens is 236 g/mol. The van der Waals surface area contributed by atoms with Gasteiger partial charge < -0.3 is 5.32 Å². The Balaban J connectivity index is 2.25. The SMILES string of the molecule is CCNc1ccc(Cl)c(Cn2nccc2C)n1. The first-order chi connectivity index (χ1) is 8.20. The molecule has 0 aliphatic rings. The normalized spacial score (nSPS) is 10.5. The van der Waals surface area contributed by atoms with Crippen LogP contribution in [0.2, 0.25) is 5.02 Å². The standard InChI is InChI=1S/C12H15ClN4/c1-3-14-12-5-4-10(13)11(16-12)8-17-9(2)6-7-15-17/h4-7H,3,8H2,1-2H3,(H,14,16). The zero-order valence-corrected chi connectivity index (χ0v) is 10.7. The first-order valence-corrected chi connectivity index (χ1v) is 5.96. The van der Waals surface area contributed by atoms with Crippen LogP contribution in [-0.2, 0) is 6.54 Å². The van der Waals surface area contributed by atoms with E-state index in [-0.39, 0.29) is 0 Å². The second-order valence-electron chi connectivity index (χ2n) is 3.79. The number of anilines is 1. The maximum atomic E-state index is 6.13. The molecule has 0 radical (unpaired) electrons. The van der Waals surface area contributed by atoms with Gasteiger partial charge in [-0.1, -0.05) is 11.6 Å². The van der Waals surface area contributed by atoms with Crippen molar-refractivity contribution >= 4 is 17.4 Å². The van der Waals surface area contributed by atoms with Crippen molar-refractivity contribution in [2.24, 2.45) is 0 Å². The van der Waals surface area contributed by atoms with Crippen LogP contribution >= 0.6 is 11.6 Å². The van der Waals surface area contributed by atoms with Crippen LogP contribution in [0.15, 0.2) is 24.4 Å². The Labute approximate surface area is 106 Å². The van der Waals surface area contributed by atoms with Crippen molar-refractivity contribution in [3.8, 4) is 0 Å². The van der Waals surface area contributed by atoms with Gasteiger partial charge in [0, 0.05) is 18.4 Å². The molecule has 0 saturated heterocycles. The number of aromatic nitrogens is 3. The number of hydrogen-bond acceptors (Lipinski definition) is 3. The fraction of sp³-hybridized carbons (Fsp3) is 0.333. The van der Waals surface area contributed by atoms with E-state index in [1.165, 1.54) is 0 Å². The van der Waals surface area contributed by atoms with Crippen LogP contribution < -0.4 is 5.32 Å². The van der Waals surface area contributed by atoms with Crippen molar-refractivity contribution in [3.63, 3.8) is 0 Å². The first kappa shape index (κ1) is 11.9. The number of pyridine rings is 1. The topological polar surface area (TPSA) is 42.7 Å². The van der Waals surface area contributed by atoms with Crippen molar-refractivity contribution in [1.82, 2.24) is 14.8 Å². The van der Waals surface area contributed by atoms with Crippen LogP contribution in [0.25, 0.3) is 0 Å². The van der Waals surface area contributed by atoms with Gasteiger partial charge in [0.25, 0.3) is 0 Å². The predicted octanol–water partition coefficient (Wildman–Crippen LogP) is 2.72. The molecule has 2 aromatic heterocycles. The van der Waals surface area contributed by atoms with Gasteiger partial charge in [-0.2, -0.15) is 5.10 Å². The van der Waals surface area contributed by atoms with Crippen molar-refractivity contribution < 1.29 is 0 Å². The Morgan fingerprint density at radius 2 is 2.18 bits per heavy atom. The zero-order chi connectivity index (χ0) is 12.3. The van der Waals surface area contributed by atoms with Crippen LogP contribution in [0.5, 0.6) is 0 Å². The molecule has 0 atom stereocenters. The smallest absolute Gasteiger partial charge is 0.126 e. The zero-order valence-electron chi connectivity index (χ0n) is 9.94. The summed E-state index contributed by atoms with van der Waals surface area (Å²) in [7, 11) is 0. The molecule has 0 saturated carbocycles. The Hall–Kier alpha value is -1.55. The number of nitrogens with zero attached hydrogens (tertiary/aromatic N) is 3. The molecule has 90 valence electrons. The minimum Gasteiger partial charge on any atom is -0.370 e. The molecule has 0 unspecified atom stereocenters. The van der Waals surface area contributed by atoms with Crippen molar-refractivity contribution in [1.29, 1.82) is 0 Å². The lowest BCUT2D eigenvalue weighted by atomic mass is 10.3. The van der Waals surface area contributed by atoms with Crippen molar-refractivity contribution in [2.45, 2.75) is 20.4 Å². The summed E-state index contributed by atoms with van der Waals surface area (Å²) in [5, 5.41) is 8.06. The Morgan fingerprint density at radius 3 is 2.82 bits per heavy atom. The number of aryl methyl sites for hydroxylation is 1. The third-order valence-corrected chi connectivity index (χ3v) is 2.85. The highest BCUT2D eigenvalue weighted by atomic mass is 35.5. The van der Waals surface area contributed by atoms with E-state index in [0.717, 1.165) is 23.8 Å². The molecule has 1 N–H and O–H groups in total. The molecule has 0 aromatic carbocycles. The molecule has 17 heavy (non-hydrogen) atoms. The lowest BCUT2D eigenvalue weighted by Gasteiger charge is -2.09. The monoisotopic (exact) mass is 250 g/mol. The van der Waals surface area contributed by atoms with Gasteiger partial charge >= 0.3 is 0 Å². The summed E-state index contributed by atoms with van der Waals surface area (Å²) >= 11 is 6.13. The van der Waals surface area contributed by atoms with Gasteiger partial charge in [0.15, 0.2) is 0 Å². The molecule has 0 aliphatic carbocycles. The van der Waals surface area contributed by atoms with Gasteiger partial charge in [-0.25, -0.2) is 4.98 Å². The fourth-order valence-electron chi connectivity index (χ4n) is 1.58. The average molecular weight is 251 g/mol. The highest BCUT2D eigenvalue weighted by molar-refractivity contribution is 6.31. The lowest BCUT2D eigenvalue weighted by molar-refractivity contribution is 0.653. The summed E-state index contributed by atoms with van der Waals surface area (Å²) in [5.41, 5.74) is 1.92. The quantitative estimate of drug-likeness (QED) is 0.907. The highest BCUT2D eigenvalue weighted by Crippen LogP contribution is 2.18. The van der Waals surface area contributed by atoms with E-state index in [0.29, 0.717) is 11.6 Å². The average Bonchev–Trinajstić information content (AvgIpc) is 2.70. The molecule has 0 fully saturated rings. The summed E-state index contributed by atoms with van der Waals surface area (Å²) in [5.74, 6) is 0.844. The molecule has 0 bridgehead atoms. The molecule has 0 amide bonds. The third kappa shape index (κ3) is 2.77. The van der Waals surface area contributed by atoms with E-state index in [4.69, 9.17) is 11.6 Å². The largest absolute Gasteiger partial charge is 0.370 e. The summed E-state index contributed by atoms with van der Waals surface area (Å²) in [4.78, 5) is 4.47. The molecule has 0 aliphatic heterocycles. The number of rotatable bonds is 4. The molecular formula is C12H15ClN4. The van der Waals surface area contributed by atoms with Gasteiger partial charge in [0.05, 0.1) is 17.3 Å². The summed E-state index contributed by atoms with van der Waals surface area (Å²) in [6.07, 6.45) is 1.78. The van der Waals surface area contributed by atoms with Crippen LogP contribution in [0.1, 0.15) is 18.3 Å². The molecule has 2 aromatic rings. The van der Waals surface area contributed by atoms with Gasteiger partial charge in [-0.05, 0) is 32.0 Å². The van der Waals surface area contributed by atoms with Gasteiger partial charge in [0.2, 0.25) is 0 Å². The van der Waals surface area contributed by atoms with Crippen molar-refractivity contribution in [3.05, 3.63) is 40.8 Å². The second kappa shape index (κ2) is 5.19. The summed E-state index contributed by atoms with van der Waals surface area (Å²) in [6, 6.07) is 5.70. The fourth-order valence-corrected chi connectivity index (χ4v) is 1.75. The molecule has 2 heterocycles. The van der Waals surface area contributed by atoms with E-state index in [9.17, 15) is 0 Å².